The Morgan fingerprint density at radius 1 is 1.33 bits per heavy atom. The summed E-state index contributed by atoms with van der Waals surface area (Å²) in [4.78, 5) is 6.54. The van der Waals surface area contributed by atoms with Crippen LogP contribution in [0.4, 0.5) is 11.4 Å². The van der Waals surface area contributed by atoms with Crippen LogP contribution < -0.4 is 10.6 Å². The van der Waals surface area contributed by atoms with E-state index >= 15 is 0 Å². The average Bonchev–Trinajstić information content (AvgIpc) is 3.10. The Labute approximate surface area is 90.3 Å². The fourth-order valence-electron chi connectivity index (χ4n) is 2.07. The first kappa shape index (κ1) is 9.01. The molecule has 0 unspecified atom stereocenters. The summed E-state index contributed by atoms with van der Waals surface area (Å²) >= 11 is 0. The summed E-state index contributed by atoms with van der Waals surface area (Å²) in [6, 6.07) is 2.80. The molecule has 3 heteroatoms. The van der Waals surface area contributed by atoms with Gasteiger partial charge in [-0.2, -0.15) is 0 Å². The normalized spacial score (nSPS) is 20.3. The van der Waals surface area contributed by atoms with Crippen molar-refractivity contribution in [1.82, 2.24) is 4.98 Å². The molecule has 2 aliphatic rings. The third kappa shape index (κ3) is 1.91. The molecule has 3 rings (SSSR count). The molecule has 2 saturated carbocycles. The van der Waals surface area contributed by atoms with E-state index in [1.165, 1.54) is 37.9 Å². The summed E-state index contributed by atoms with van der Waals surface area (Å²) in [5, 5.41) is 0. The molecule has 0 saturated heterocycles. The molecule has 1 aromatic heterocycles. The maximum atomic E-state index is 5.98. The first-order valence-electron chi connectivity index (χ1n) is 5.81. The van der Waals surface area contributed by atoms with Crippen LogP contribution in [-0.4, -0.2) is 17.6 Å². The highest BCUT2D eigenvalue weighted by Crippen LogP contribution is 2.39. The summed E-state index contributed by atoms with van der Waals surface area (Å²) in [5.74, 6) is 0.915. The molecule has 2 N–H and O–H groups in total. The Kier molecular flexibility index (Phi) is 2.04. The Bertz CT molecular complexity index is 356. The highest BCUT2D eigenvalue weighted by Gasteiger charge is 2.34. The number of nitrogens with two attached hydrogens (primary N) is 1. The molecule has 0 atom stereocenters. The monoisotopic (exact) mass is 203 g/mol. The molecule has 0 aromatic carbocycles. The summed E-state index contributed by atoms with van der Waals surface area (Å²) in [7, 11) is 0. The molecule has 3 nitrogen and oxygen atoms in total. The fourth-order valence-corrected chi connectivity index (χ4v) is 2.07. The van der Waals surface area contributed by atoms with Gasteiger partial charge in [-0.25, -0.2) is 0 Å². The predicted octanol–water partition coefficient (Wildman–Crippen LogP) is 2.04. The van der Waals surface area contributed by atoms with Gasteiger partial charge < -0.3 is 10.6 Å². The Morgan fingerprint density at radius 2 is 2.13 bits per heavy atom. The lowest BCUT2D eigenvalue weighted by molar-refractivity contribution is 0.719. The van der Waals surface area contributed by atoms with Crippen LogP contribution in [0.2, 0.25) is 0 Å². The minimum absolute atomic E-state index is 0.746. The van der Waals surface area contributed by atoms with Crippen LogP contribution >= 0.6 is 0 Å². The molecular formula is C12H17N3. The fraction of sp³-hybridized carbons (Fsp3) is 0.583. The van der Waals surface area contributed by atoms with E-state index in [2.05, 4.69) is 16.0 Å². The van der Waals surface area contributed by atoms with Crippen molar-refractivity contribution in [2.24, 2.45) is 5.92 Å². The quantitative estimate of drug-likeness (QED) is 0.814. The number of pyridine rings is 1. The third-order valence-corrected chi connectivity index (χ3v) is 3.28. The summed E-state index contributed by atoms with van der Waals surface area (Å²) in [6.45, 7) is 1.19. The van der Waals surface area contributed by atoms with Gasteiger partial charge in [0.25, 0.3) is 0 Å². The number of aromatic nitrogens is 1. The van der Waals surface area contributed by atoms with Crippen LogP contribution in [0.3, 0.4) is 0 Å². The second kappa shape index (κ2) is 3.40. The molecule has 0 aliphatic heterocycles. The van der Waals surface area contributed by atoms with Gasteiger partial charge in [0.1, 0.15) is 0 Å². The lowest BCUT2D eigenvalue weighted by atomic mass is 10.2. The maximum Gasteiger partial charge on any atom is 0.0738 e. The summed E-state index contributed by atoms with van der Waals surface area (Å²) in [6.07, 6.45) is 9.05. The van der Waals surface area contributed by atoms with Crippen molar-refractivity contribution in [2.75, 3.05) is 17.2 Å². The van der Waals surface area contributed by atoms with E-state index in [1.54, 1.807) is 6.20 Å². The number of hydrogen-bond acceptors (Lipinski definition) is 3. The Morgan fingerprint density at radius 3 is 2.73 bits per heavy atom. The molecule has 0 radical (unpaired) electrons. The maximum absolute atomic E-state index is 5.98. The second-order valence-electron chi connectivity index (χ2n) is 4.76. The highest BCUT2D eigenvalue weighted by molar-refractivity contribution is 5.67. The SMILES string of the molecule is Nc1cnccc1N(CC1CC1)C1CC1. The van der Waals surface area contributed by atoms with Crippen molar-refractivity contribution in [3.05, 3.63) is 18.5 Å². The smallest absolute Gasteiger partial charge is 0.0738 e. The Balaban J connectivity index is 1.83. The van der Waals surface area contributed by atoms with Gasteiger partial charge >= 0.3 is 0 Å². The van der Waals surface area contributed by atoms with E-state index in [4.69, 9.17) is 5.73 Å². The molecule has 2 aliphatic carbocycles. The van der Waals surface area contributed by atoms with Crippen molar-refractivity contribution in [3.8, 4) is 0 Å². The lowest BCUT2D eigenvalue weighted by Gasteiger charge is -2.25. The lowest BCUT2D eigenvalue weighted by Crippen LogP contribution is -2.28. The second-order valence-corrected chi connectivity index (χ2v) is 4.76. The largest absolute Gasteiger partial charge is 0.396 e. The number of anilines is 2. The molecule has 0 amide bonds. The van der Waals surface area contributed by atoms with Gasteiger partial charge in [-0.3, -0.25) is 4.98 Å². The molecular weight excluding hydrogens is 186 g/mol. The van der Waals surface area contributed by atoms with Crippen LogP contribution in [-0.2, 0) is 0 Å². The highest BCUT2D eigenvalue weighted by atomic mass is 15.2. The zero-order valence-corrected chi connectivity index (χ0v) is 8.89. The number of hydrogen-bond donors (Lipinski definition) is 1. The predicted molar refractivity (Wildman–Crippen MR) is 61.7 cm³/mol. The first-order chi connectivity index (χ1) is 7.34. The minimum atomic E-state index is 0.746. The van der Waals surface area contributed by atoms with E-state index < -0.39 is 0 Å². The average molecular weight is 203 g/mol. The van der Waals surface area contributed by atoms with Crippen LogP contribution in [0.5, 0.6) is 0 Å². The van der Waals surface area contributed by atoms with Crippen molar-refractivity contribution in [1.29, 1.82) is 0 Å². The first-order valence-corrected chi connectivity index (χ1v) is 5.81. The van der Waals surface area contributed by atoms with E-state index in [9.17, 15) is 0 Å². The zero-order valence-electron chi connectivity index (χ0n) is 8.89. The van der Waals surface area contributed by atoms with Crippen molar-refractivity contribution in [3.63, 3.8) is 0 Å². The van der Waals surface area contributed by atoms with Crippen LogP contribution in [0.15, 0.2) is 18.5 Å². The van der Waals surface area contributed by atoms with Crippen molar-refractivity contribution < 1.29 is 0 Å². The molecule has 2 fully saturated rings. The molecule has 1 heterocycles. The van der Waals surface area contributed by atoms with Gasteiger partial charge in [-0.15, -0.1) is 0 Å². The van der Waals surface area contributed by atoms with Gasteiger partial charge in [0.15, 0.2) is 0 Å². The van der Waals surface area contributed by atoms with Crippen molar-refractivity contribution in [2.45, 2.75) is 31.7 Å². The van der Waals surface area contributed by atoms with E-state index in [0.717, 1.165) is 17.6 Å². The van der Waals surface area contributed by atoms with Crippen LogP contribution in [0.1, 0.15) is 25.7 Å². The van der Waals surface area contributed by atoms with E-state index in [-0.39, 0.29) is 0 Å². The number of nitrogen functional groups attached to an aromatic ring is 1. The van der Waals surface area contributed by atoms with Crippen LogP contribution in [0, 0.1) is 5.92 Å². The Hall–Kier alpha value is -1.25. The molecule has 80 valence electrons. The number of rotatable bonds is 4. The van der Waals surface area contributed by atoms with Crippen LogP contribution in [0.25, 0.3) is 0 Å². The zero-order chi connectivity index (χ0) is 10.3. The minimum Gasteiger partial charge on any atom is -0.396 e. The topological polar surface area (TPSA) is 42.1 Å². The number of nitrogens with zero attached hydrogens (tertiary/aromatic N) is 2. The third-order valence-electron chi connectivity index (χ3n) is 3.28. The molecule has 0 spiro atoms. The van der Waals surface area contributed by atoms with Gasteiger partial charge in [0.05, 0.1) is 17.6 Å². The standard InChI is InChI=1S/C12H17N3/c13-11-7-14-6-5-12(11)15(10-3-4-10)8-9-1-2-9/h5-7,9-10H,1-4,8,13H2. The van der Waals surface area contributed by atoms with Gasteiger partial charge in [-0.05, 0) is 37.7 Å². The van der Waals surface area contributed by atoms with E-state index in [0.29, 0.717) is 0 Å². The summed E-state index contributed by atoms with van der Waals surface area (Å²) < 4.78 is 0. The molecule has 1 aromatic rings. The van der Waals surface area contributed by atoms with Gasteiger partial charge in [0, 0.05) is 18.8 Å². The van der Waals surface area contributed by atoms with Crippen molar-refractivity contribution >= 4 is 11.4 Å². The van der Waals surface area contributed by atoms with E-state index in [1.807, 2.05) is 6.20 Å². The van der Waals surface area contributed by atoms with Gasteiger partial charge in [-0.1, -0.05) is 0 Å². The van der Waals surface area contributed by atoms with Gasteiger partial charge in [0.2, 0.25) is 0 Å². The molecule has 0 bridgehead atoms. The summed E-state index contributed by atoms with van der Waals surface area (Å²) in [5.41, 5.74) is 8.00. The molecule has 15 heavy (non-hydrogen) atoms.